The van der Waals surface area contributed by atoms with Crippen molar-refractivity contribution in [3.05, 3.63) is 76.8 Å². The number of hydrogen-bond donors (Lipinski definition) is 0. The number of Topliss-reactive ketones (excluding diaryl/α,β-unsaturated/α-hetero) is 1. The highest BCUT2D eigenvalue weighted by Gasteiger charge is 2.51. The van der Waals surface area contributed by atoms with E-state index in [-0.39, 0.29) is 10.6 Å². The minimum atomic E-state index is -0.694. The number of rotatable bonds is 6. The second kappa shape index (κ2) is 8.96. The molecule has 1 aliphatic carbocycles. The normalized spacial score (nSPS) is 19.6. The Morgan fingerprint density at radius 2 is 1.69 bits per heavy atom. The number of carbonyl (C=O) groups is 4. The lowest BCUT2D eigenvalue weighted by Gasteiger charge is -2.30. The minimum absolute atomic E-state index is 0.0983. The van der Waals surface area contributed by atoms with Crippen LogP contribution < -0.4 is 4.74 Å². The van der Waals surface area contributed by atoms with Gasteiger partial charge in [0.1, 0.15) is 12.3 Å². The summed E-state index contributed by atoms with van der Waals surface area (Å²) >= 11 is 6.21. The molecule has 0 spiro atoms. The lowest BCUT2D eigenvalue weighted by molar-refractivity contribution is -0.154. The Bertz CT molecular complexity index is 1100. The van der Waals surface area contributed by atoms with Gasteiger partial charge in [-0.3, -0.25) is 19.2 Å². The second-order valence-electron chi connectivity index (χ2n) is 7.64. The standard InChI is InChI=1S/C24H21ClN2O5/c1-32-16-8-6-7-15(13-16)21(28)14-26(22(29)19-11-4-5-12-20(19)25)27-23(30)17-9-2-3-10-18(17)24(27)31/h2-8,11-13,17-18H,9-10,14H2,1H3/t17-,18-/m1/s1. The zero-order valence-corrected chi connectivity index (χ0v) is 18.1. The van der Waals surface area contributed by atoms with Crippen molar-refractivity contribution in [2.24, 2.45) is 11.8 Å². The van der Waals surface area contributed by atoms with E-state index in [0.29, 0.717) is 24.2 Å². The van der Waals surface area contributed by atoms with Crippen LogP contribution in [0.4, 0.5) is 0 Å². The molecule has 1 heterocycles. The van der Waals surface area contributed by atoms with E-state index in [2.05, 4.69) is 0 Å². The first-order valence-corrected chi connectivity index (χ1v) is 10.6. The number of amides is 3. The van der Waals surface area contributed by atoms with Crippen molar-refractivity contribution in [3.63, 3.8) is 0 Å². The molecule has 0 N–H and O–H groups in total. The van der Waals surface area contributed by atoms with Gasteiger partial charge in [-0.05, 0) is 37.1 Å². The van der Waals surface area contributed by atoms with Gasteiger partial charge >= 0.3 is 0 Å². The van der Waals surface area contributed by atoms with Crippen LogP contribution in [0.3, 0.4) is 0 Å². The van der Waals surface area contributed by atoms with Gasteiger partial charge in [0.2, 0.25) is 0 Å². The van der Waals surface area contributed by atoms with Crippen LogP contribution in [0, 0.1) is 11.8 Å². The third-order valence-corrected chi connectivity index (χ3v) is 6.08. The number of ether oxygens (including phenoxy) is 1. The van der Waals surface area contributed by atoms with Crippen LogP contribution in [-0.4, -0.2) is 47.2 Å². The van der Waals surface area contributed by atoms with Crippen molar-refractivity contribution in [2.45, 2.75) is 12.8 Å². The molecule has 0 saturated carbocycles. The summed E-state index contributed by atoms with van der Waals surface area (Å²) in [5.41, 5.74) is 0.390. The van der Waals surface area contributed by atoms with Gasteiger partial charge in [-0.2, -0.15) is 5.01 Å². The van der Waals surface area contributed by atoms with Crippen LogP contribution in [-0.2, 0) is 9.59 Å². The Kier molecular flexibility index (Phi) is 6.10. The number of methoxy groups -OCH3 is 1. The number of fused-ring (bicyclic) bond motifs is 1. The van der Waals surface area contributed by atoms with Crippen LogP contribution in [0.25, 0.3) is 0 Å². The highest BCUT2D eigenvalue weighted by Crippen LogP contribution is 2.36. The van der Waals surface area contributed by atoms with Gasteiger partial charge in [0.05, 0.1) is 29.5 Å². The average Bonchev–Trinajstić information content (AvgIpc) is 3.07. The van der Waals surface area contributed by atoms with E-state index in [0.717, 1.165) is 10.0 Å². The summed E-state index contributed by atoms with van der Waals surface area (Å²) in [6.45, 7) is -0.498. The first-order chi connectivity index (χ1) is 15.4. The molecule has 164 valence electrons. The van der Waals surface area contributed by atoms with Crippen molar-refractivity contribution in [1.82, 2.24) is 10.0 Å². The molecule has 1 fully saturated rings. The van der Waals surface area contributed by atoms with Gasteiger partial charge in [0, 0.05) is 5.56 Å². The van der Waals surface area contributed by atoms with E-state index in [1.807, 2.05) is 12.2 Å². The molecular weight excluding hydrogens is 432 g/mol. The molecule has 1 aliphatic heterocycles. The number of halogens is 1. The average molecular weight is 453 g/mol. The third kappa shape index (κ3) is 3.91. The van der Waals surface area contributed by atoms with Crippen LogP contribution >= 0.6 is 11.6 Å². The maximum Gasteiger partial charge on any atom is 0.274 e. The molecule has 0 radical (unpaired) electrons. The summed E-state index contributed by atoms with van der Waals surface area (Å²) in [5, 5.41) is 1.92. The number of imide groups is 1. The Labute approximate surface area is 190 Å². The smallest absolute Gasteiger partial charge is 0.274 e. The molecule has 2 aromatic rings. The topological polar surface area (TPSA) is 84.0 Å². The number of carbonyl (C=O) groups excluding carboxylic acids is 4. The summed E-state index contributed by atoms with van der Waals surface area (Å²) in [5.74, 6) is -2.71. The number of benzene rings is 2. The second-order valence-corrected chi connectivity index (χ2v) is 8.05. The molecule has 2 aliphatic rings. The predicted octanol–water partition coefficient (Wildman–Crippen LogP) is 3.54. The van der Waals surface area contributed by atoms with Gasteiger partial charge in [-0.15, -0.1) is 0 Å². The summed E-state index contributed by atoms with van der Waals surface area (Å²) in [6, 6.07) is 12.8. The van der Waals surface area contributed by atoms with Gasteiger partial charge in [-0.25, -0.2) is 5.01 Å². The molecule has 32 heavy (non-hydrogen) atoms. The SMILES string of the molecule is COc1cccc(C(=O)CN(C(=O)c2ccccc2Cl)N2C(=O)[C@@H]3CC=CC[C@H]3C2=O)c1. The van der Waals surface area contributed by atoms with Crippen LogP contribution in [0.2, 0.25) is 5.02 Å². The number of nitrogens with zero attached hydrogens (tertiary/aromatic N) is 2. The van der Waals surface area contributed by atoms with Gasteiger partial charge in [-0.1, -0.05) is 48.0 Å². The zero-order valence-electron chi connectivity index (χ0n) is 17.4. The Morgan fingerprint density at radius 3 is 2.31 bits per heavy atom. The largest absolute Gasteiger partial charge is 0.497 e. The van der Waals surface area contributed by atoms with E-state index in [1.165, 1.54) is 25.3 Å². The highest BCUT2D eigenvalue weighted by atomic mass is 35.5. The van der Waals surface area contributed by atoms with Crippen molar-refractivity contribution in [1.29, 1.82) is 0 Å². The fraction of sp³-hybridized carbons (Fsp3) is 0.250. The highest BCUT2D eigenvalue weighted by molar-refractivity contribution is 6.34. The molecule has 4 rings (SSSR count). The molecule has 7 nitrogen and oxygen atoms in total. The van der Waals surface area contributed by atoms with Crippen LogP contribution in [0.1, 0.15) is 33.6 Å². The molecular formula is C24H21ClN2O5. The zero-order chi connectivity index (χ0) is 22.8. The predicted molar refractivity (Wildman–Crippen MR) is 117 cm³/mol. The van der Waals surface area contributed by atoms with Gasteiger partial charge < -0.3 is 4.74 Å². The van der Waals surface area contributed by atoms with Crippen molar-refractivity contribution in [3.8, 4) is 5.75 Å². The van der Waals surface area contributed by atoms with Crippen molar-refractivity contribution < 1.29 is 23.9 Å². The van der Waals surface area contributed by atoms with E-state index in [4.69, 9.17) is 16.3 Å². The quantitative estimate of drug-likeness (QED) is 0.380. The first-order valence-electron chi connectivity index (χ1n) is 10.2. The monoisotopic (exact) mass is 452 g/mol. The van der Waals surface area contributed by atoms with Crippen molar-refractivity contribution in [2.75, 3.05) is 13.7 Å². The fourth-order valence-corrected chi connectivity index (χ4v) is 4.27. The number of allylic oxidation sites excluding steroid dienone is 2. The molecule has 0 bridgehead atoms. The molecule has 8 heteroatoms. The maximum absolute atomic E-state index is 13.4. The van der Waals surface area contributed by atoms with E-state index in [1.54, 1.807) is 30.3 Å². The molecule has 3 amide bonds. The lowest BCUT2D eigenvalue weighted by atomic mass is 9.85. The fourth-order valence-electron chi connectivity index (χ4n) is 4.05. The van der Waals surface area contributed by atoms with E-state index >= 15 is 0 Å². The van der Waals surface area contributed by atoms with E-state index in [9.17, 15) is 19.2 Å². The first kappa shape index (κ1) is 21.8. The number of hydrazine groups is 1. The number of hydrogen-bond acceptors (Lipinski definition) is 5. The molecule has 2 aromatic carbocycles. The molecule has 2 atom stereocenters. The number of ketones is 1. The van der Waals surface area contributed by atoms with Gasteiger partial charge in [0.25, 0.3) is 17.7 Å². The van der Waals surface area contributed by atoms with Gasteiger partial charge in [0.15, 0.2) is 5.78 Å². The summed E-state index contributed by atoms with van der Waals surface area (Å²) in [7, 11) is 1.48. The molecule has 0 aromatic heterocycles. The lowest BCUT2D eigenvalue weighted by Crippen LogP contribution is -2.52. The third-order valence-electron chi connectivity index (χ3n) is 5.75. The Hall–Kier alpha value is -3.45. The minimum Gasteiger partial charge on any atom is -0.497 e. The Balaban J connectivity index is 1.71. The summed E-state index contributed by atoms with van der Waals surface area (Å²) < 4.78 is 5.16. The van der Waals surface area contributed by atoms with Crippen LogP contribution in [0.5, 0.6) is 5.75 Å². The molecule has 0 unspecified atom stereocenters. The summed E-state index contributed by atoms with van der Waals surface area (Å²) in [6.07, 6.45) is 4.56. The van der Waals surface area contributed by atoms with Crippen LogP contribution in [0.15, 0.2) is 60.7 Å². The van der Waals surface area contributed by atoms with Crippen molar-refractivity contribution >= 4 is 35.1 Å². The summed E-state index contributed by atoms with van der Waals surface area (Å²) in [4.78, 5) is 52.8. The molecule has 1 saturated heterocycles. The maximum atomic E-state index is 13.4. The Morgan fingerprint density at radius 1 is 1.03 bits per heavy atom. The van der Waals surface area contributed by atoms with E-state index < -0.39 is 41.9 Å².